The molecular formula is C21H21N17. The lowest BCUT2D eigenvalue weighted by molar-refractivity contribution is 0.156. The number of guanidine groups is 3. The third-order valence-electron chi connectivity index (χ3n) is 7.76. The van der Waals surface area contributed by atoms with Crippen LogP contribution in [-0.2, 0) is 0 Å². The minimum atomic E-state index is -0.800. The lowest BCUT2D eigenvalue weighted by Gasteiger charge is -2.48. The molecule has 0 radical (unpaired) electrons. The van der Waals surface area contributed by atoms with Gasteiger partial charge in [0.2, 0.25) is 17.9 Å². The van der Waals surface area contributed by atoms with Crippen LogP contribution in [0.5, 0.6) is 0 Å². The highest BCUT2D eigenvalue weighted by Crippen LogP contribution is 2.37. The molecule has 12 atom stereocenters. The maximum Gasteiger partial charge on any atom is 0.368 e. The van der Waals surface area contributed by atoms with Gasteiger partial charge in [0.05, 0.1) is 12.1 Å². The smallest absolute Gasteiger partial charge is 0.293 e. The van der Waals surface area contributed by atoms with E-state index in [-0.39, 0.29) is 6.04 Å². The van der Waals surface area contributed by atoms with E-state index < -0.39 is 67.6 Å². The average Bonchev–Trinajstić information content (AvgIpc) is 3.60. The minimum absolute atomic E-state index is 0.158. The van der Waals surface area contributed by atoms with Crippen LogP contribution in [-0.4, -0.2) is 106 Å². The molecule has 7 aliphatic rings. The maximum atomic E-state index is 9.73. The Hall–Kier alpha value is -4.38. The summed E-state index contributed by atoms with van der Waals surface area (Å²) >= 11 is 0. The largest absolute Gasteiger partial charge is 0.368 e. The Labute approximate surface area is 217 Å². The third kappa shape index (κ3) is 2.87. The monoisotopic (exact) mass is 511 g/mol. The maximum absolute atomic E-state index is 9.73. The van der Waals surface area contributed by atoms with Crippen molar-refractivity contribution >= 4 is 17.9 Å². The van der Waals surface area contributed by atoms with E-state index >= 15 is 0 Å². The van der Waals surface area contributed by atoms with E-state index in [9.17, 15) is 10.5 Å². The average molecular weight is 512 g/mol. The quantitative estimate of drug-likeness (QED) is 0.177. The summed E-state index contributed by atoms with van der Waals surface area (Å²) in [6, 6.07) is 3.04. The van der Waals surface area contributed by atoms with Crippen LogP contribution in [0.4, 0.5) is 0 Å². The van der Waals surface area contributed by atoms with Crippen molar-refractivity contribution in [2.75, 3.05) is 0 Å². The summed E-state index contributed by atoms with van der Waals surface area (Å²) in [5, 5.41) is 39.1. The number of nitriles is 2. The first-order valence-corrected chi connectivity index (χ1v) is 12.1. The summed E-state index contributed by atoms with van der Waals surface area (Å²) in [6.45, 7) is 24.6. The highest BCUT2D eigenvalue weighted by molar-refractivity contribution is 6.19. The van der Waals surface area contributed by atoms with Crippen molar-refractivity contribution < 1.29 is 0 Å². The van der Waals surface area contributed by atoms with Crippen molar-refractivity contribution in [3.63, 3.8) is 0 Å². The molecule has 7 heterocycles. The van der Waals surface area contributed by atoms with Crippen LogP contribution in [0, 0.1) is 42.4 Å². The van der Waals surface area contributed by atoms with Gasteiger partial charge in [-0.1, -0.05) is 0 Å². The minimum Gasteiger partial charge on any atom is -0.293 e. The summed E-state index contributed by atoms with van der Waals surface area (Å²) < 4.78 is 0. The van der Waals surface area contributed by atoms with E-state index in [0.29, 0.717) is 17.9 Å². The zero-order chi connectivity index (χ0) is 26.3. The molecule has 17 nitrogen and oxygen atoms in total. The molecule has 6 N–H and O–H groups in total. The SMILES string of the molecule is [C-]#[N+]C1NC2N=C3N(C4=NC5NC(C)C(C#N)NC5N4C4=NC5NC([N+]#[C-])C([N+]#[C-])NC5N43)C2NC1C#N. The van der Waals surface area contributed by atoms with E-state index in [0.717, 1.165) is 0 Å². The fraction of sp³-hybridized carbons (Fsp3) is 0.619. The van der Waals surface area contributed by atoms with Crippen LogP contribution in [0.25, 0.3) is 14.5 Å². The van der Waals surface area contributed by atoms with Gasteiger partial charge in [-0.2, -0.15) is 10.5 Å². The molecule has 12 unspecified atom stereocenters. The van der Waals surface area contributed by atoms with Crippen LogP contribution in [0.2, 0.25) is 0 Å². The topological polar surface area (TPSA) is 180 Å². The Balaban J connectivity index is 1.33. The van der Waals surface area contributed by atoms with E-state index in [1.54, 1.807) is 0 Å². The van der Waals surface area contributed by atoms with Crippen molar-refractivity contribution in [3.05, 3.63) is 34.3 Å². The summed E-state index contributed by atoms with van der Waals surface area (Å²) in [5.74, 6) is 1.53. The number of nitrogens with one attached hydrogen (secondary N) is 6. The second-order valence-corrected chi connectivity index (χ2v) is 9.79. The molecule has 190 valence electrons. The van der Waals surface area contributed by atoms with Gasteiger partial charge in [0.1, 0.15) is 43.0 Å². The first-order chi connectivity index (χ1) is 18.5. The molecule has 0 amide bonds. The molecule has 0 aromatic carbocycles. The van der Waals surface area contributed by atoms with Crippen LogP contribution in [0.3, 0.4) is 0 Å². The zero-order valence-electron chi connectivity index (χ0n) is 19.8. The van der Waals surface area contributed by atoms with Crippen molar-refractivity contribution in [1.82, 2.24) is 46.6 Å². The van der Waals surface area contributed by atoms with Crippen LogP contribution >= 0.6 is 0 Å². The Morgan fingerprint density at radius 3 is 1.55 bits per heavy atom. The number of nitrogens with zero attached hydrogens (tertiary/aromatic N) is 11. The fourth-order valence-electron chi connectivity index (χ4n) is 5.98. The predicted octanol–water partition coefficient (Wildman–Crippen LogP) is -3.54. The number of fused-ring (bicyclic) bond motifs is 12. The molecular weight excluding hydrogens is 490 g/mol. The Bertz CT molecular complexity index is 1370. The van der Waals surface area contributed by atoms with E-state index in [4.69, 9.17) is 34.7 Å². The van der Waals surface area contributed by atoms with Gasteiger partial charge in [-0.25, -0.2) is 50.6 Å². The van der Waals surface area contributed by atoms with Gasteiger partial charge in [-0.15, -0.1) is 0 Å². The van der Waals surface area contributed by atoms with Gasteiger partial charge in [0.25, 0.3) is 0 Å². The van der Waals surface area contributed by atoms with Crippen molar-refractivity contribution in [2.24, 2.45) is 15.0 Å². The molecule has 0 bridgehead atoms. The van der Waals surface area contributed by atoms with E-state index in [1.807, 2.05) is 21.6 Å². The molecule has 17 heteroatoms. The number of hydrogen-bond donors (Lipinski definition) is 6. The Morgan fingerprint density at radius 1 is 0.632 bits per heavy atom. The number of aliphatic imine (C=N–C) groups is 3. The predicted molar refractivity (Wildman–Crippen MR) is 129 cm³/mol. The van der Waals surface area contributed by atoms with Crippen molar-refractivity contribution in [2.45, 2.75) is 80.5 Å². The first kappa shape index (κ1) is 22.8. The van der Waals surface area contributed by atoms with Crippen molar-refractivity contribution in [3.8, 4) is 12.1 Å². The summed E-state index contributed by atoms with van der Waals surface area (Å²) in [5.41, 5.74) is 0. The molecule has 7 aliphatic heterocycles. The Morgan fingerprint density at radius 2 is 1.05 bits per heavy atom. The molecule has 0 saturated carbocycles. The van der Waals surface area contributed by atoms with Crippen LogP contribution < -0.4 is 31.9 Å². The van der Waals surface area contributed by atoms with Gasteiger partial charge in [0, 0.05) is 6.04 Å². The summed E-state index contributed by atoms with van der Waals surface area (Å²) in [6.07, 6.45) is -5.38. The fourth-order valence-corrected chi connectivity index (χ4v) is 5.98. The first-order valence-electron chi connectivity index (χ1n) is 12.1. The molecule has 4 fully saturated rings. The Kier molecular flexibility index (Phi) is 4.83. The molecule has 0 spiro atoms. The van der Waals surface area contributed by atoms with E-state index in [2.05, 4.69) is 58.6 Å². The molecule has 4 saturated heterocycles. The highest BCUT2D eigenvalue weighted by Gasteiger charge is 2.63. The van der Waals surface area contributed by atoms with Gasteiger partial charge in [-0.3, -0.25) is 45.2 Å². The second kappa shape index (κ2) is 8.06. The number of hydrogen-bond acceptors (Lipinski definition) is 14. The van der Waals surface area contributed by atoms with Gasteiger partial charge < -0.3 is 0 Å². The van der Waals surface area contributed by atoms with Gasteiger partial charge in [0.15, 0.2) is 6.04 Å². The van der Waals surface area contributed by atoms with Crippen molar-refractivity contribution in [1.29, 1.82) is 10.5 Å². The molecule has 38 heavy (non-hydrogen) atoms. The lowest BCUT2D eigenvalue weighted by atomic mass is 10.1. The lowest BCUT2D eigenvalue weighted by Crippen LogP contribution is -2.76. The number of piperazine rings is 3. The van der Waals surface area contributed by atoms with Gasteiger partial charge in [-0.05, 0) is 6.92 Å². The molecule has 7 rings (SSSR count). The summed E-state index contributed by atoms with van der Waals surface area (Å²) in [4.78, 5) is 31.1. The van der Waals surface area contributed by atoms with E-state index in [1.165, 1.54) is 0 Å². The molecule has 0 aliphatic carbocycles. The van der Waals surface area contributed by atoms with Crippen LogP contribution in [0.1, 0.15) is 6.92 Å². The molecule has 0 aromatic heterocycles. The highest BCUT2D eigenvalue weighted by atomic mass is 15.7. The number of rotatable bonds is 0. The van der Waals surface area contributed by atoms with Gasteiger partial charge >= 0.3 is 18.5 Å². The molecule has 0 aromatic rings. The summed E-state index contributed by atoms with van der Waals surface area (Å²) in [7, 11) is 0. The third-order valence-corrected chi connectivity index (χ3v) is 7.76. The zero-order valence-corrected chi connectivity index (χ0v) is 19.8. The van der Waals surface area contributed by atoms with Crippen LogP contribution in [0.15, 0.2) is 15.0 Å². The normalized spacial score (nSPS) is 45.6. The second-order valence-electron chi connectivity index (χ2n) is 9.79. The standard InChI is InChI=1S/C21H21N17/c1-7-8(5-22)28-16-13(27-7)33-19-36(16)21-35-15-18(32-12(26-4)11(25-3)31-15)38(21)20-34-14-17(37(19)20)29-9(6-23)10(24-2)30-14/h7-18,27-32H,1H3.